The number of benzene rings is 6. The highest BCUT2D eigenvalue weighted by atomic mass is 14.9. The molecule has 0 amide bonds. The minimum absolute atomic E-state index is 0.138. The summed E-state index contributed by atoms with van der Waals surface area (Å²) in [6, 6.07) is 52.7. The summed E-state index contributed by atoms with van der Waals surface area (Å²) in [6.07, 6.45) is 0. The van der Waals surface area contributed by atoms with Gasteiger partial charge in [0.25, 0.3) is 0 Å². The molecule has 0 aliphatic heterocycles. The predicted molar refractivity (Wildman–Crippen MR) is 193 cm³/mol. The summed E-state index contributed by atoms with van der Waals surface area (Å²) in [4.78, 5) is 13.8. The van der Waals surface area contributed by atoms with E-state index in [9.17, 15) is 0 Å². The first-order chi connectivity index (χ1) is 23.0. The molecule has 1 aliphatic rings. The summed E-state index contributed by atoms with van der Waals surface area (Å²) >= 11 is 0. The van der Waals surface area contributed by atoms with Crippen LogP contribution in [0.4, 0.5) is 5.69 Å². The van der Waals surface area contributed by atoms with Gasteiger partial charge in [0.2, 0.25) is 0 Å². The molecule has 0 N–H and O–H groups in total. The van der Waals surface area contributed by atoms with E-state index in [1.165, 1.54) is 16.7 Å². The van der Waals surface area contributed by atoms with Crippen LogP contribution >= 0.6 is 0 Å². The number of fused-ring (bicyclic) bond motifs is 3. The van der Waals surface area contributed by atoms with Gasteiger partial charge in [0.1, 0.15) is 0 Å². The van der Waals surface area contributed by atoms with E-state index in [1.807, 2.05) is 60.7 Å². The molecule has 7 aromatic rings. The lowest BCUT2D eigenvalue weighted by atomic mass is 9.82. The first-order valence-corrected chi connectivity index (χ1v) is 15.9. The Balaban J connectivity index is 1.15. The lowest BCUT2D eigenvalue weighted by Crippen LogP contribution is -2.14. The molecule has 0 saturated carbocycles. The second-order valence-electron chi connectivity index (χ2n) is 12.5. The molecule has 1 heterocycles. The van der Waals surface area contributed by atoms with Crippen LogP contribution in [-0.2, 0) is 5.41 Å². The molecule has 8 rings (SSSR count). The van der Waals surface area contributed by atoms with Gasteiger partial charge in [0.05, 0.1) is 18.0 Å². The van der Waals surface area contributed by atoms with E-state index < -0.39 is 0 Å². The number of aromatic nitrogens is 2. The Morgan fingerprint density at radius 2 is 1.00 bits per heavy atom. The Morgan fingerprint density at radius 1 is 0.468 bits per heavy atom. The van der Waals surface area contributed by atoms with Crippen molar-refractivity contribution in [3.05, 3.63) is 174 Å². The zero-order valence-corrected chi connectivity index (χ0v) is 26.3. The second kappa shape index (κ2) is 11.4. The van der Waals surface area contributed by atoms with E-state index >= 15 is 0 Å². The highest BCUT2D eigenvalue weighted by Gasteiger charge is 2.36. The largest absolute Gasteiger partial charge is 0.238 e. The number of nitrogens with zero attached hydrogens (tertiary/aromatic N) is 3. The standard InChI is InChI=1S/C44H31N3/c1-44(2)37-25-24-35(27-36(37)42-38(44)18-11-19-39(42)45-3)34-17-10-16-33(26-34)29-20-22-31(23-21-29)41-28-40(30-12-6-4-7-13-30)46-43(47-41)32-14-8-5-9-15-32/h4-28H,1-2H3. The van der Waals surface area contributed by atoms with Crippen LogP contribution in [0.15, 0.2) is 152 Å². The van der Waals surface area contributed by atoms with Crippen LogP contribution in [0, 0.1) is 6.57 Å². The molecular formula is C44H31N3. The monoisotopic (exact) mass is 601 g/mol. The Kier molecular flexibility index (Phi) is 6.85. The summed E-state index contributed by atoms with van der Waals surface area (Å²) in [7, 11) is 0. The van der Waals surface area contributed by atoms with Gasteiger partial charge < -0.3 is 0 Å². The summed E-state index contributed by atoms with van der Waals surface area (Å²) in [5, 5.41) is 0. The van der Waals surface area contributed by atoms with Gasteiger partial charge in [0, 0.05) is 22.1 Å². The van der Waals surface area contributed by atoms with E-state index in [0.29, 0.717) is 5.82 Å². The molecule has 0 unspecified atom stereocenters. The van der Waals surface area contributed by atoms with E-state index in [4.69, 9.17) is 16.5 Å². The van der Waals surface area contributed by atoms with Crippen LogP contribution in [0.5, 0.6) is 0 Å². The Bertz CT molecular complexity index is 2260. The predicted octanol–water partition coefficient (Wildman–Crippen LogP) is 11.7. The highest BCUT2D eigenvalue weighted by Crippen LogP contribution is 2.53. The Hall–Kier alpha value is -6.11. The van der Waals surface area contributed by atoms with E-state index in [-0.39, 0.29) is 5.41 Å². The van der Waals surface area contributed by atoms with E-state index in [0.717, 1.165) is 61.6 Å². The Labute approximate surface area is 275 Å². The van der Waals surface area contributed by atoms with Crippen LogP contribution < -0.4 is 0 Å². The normalized spacial score (nSPS) is 12.6. The molecule has 0 radical (unpaired) electrons. The van der Waals surface area contributed by atoms with Crippen molar-refractivity contribution in [3.63, 3.8) is 0 Å². The van der Waals surface area contributed by atoms with Crippen molar-refractivity contribution in [1.82, 2.24) is 9.97 Å². The van der Waals surface area contributed by atoms with Crippen LogP contribution in [-0.4, -0.2) is 9.97 Å². The number of hydrogen-bond acceptors (Lipinski definition) is 2. The zero-order valence-electron chi connectivity index (χ0n) is 26.3. The average molecular weight is 602 g/mol. The lowest BCUT2D eigenvalue weighted by molar-refractivity contribution is 0.660. The minimum Gasteiger partial charge on any atom is -0.238 e. The van der Waals surface area contributed by atoms with E-state index in [1.54, 1.807) is 0 Å². The van der Waals surface area contributed by atoms with Gasteiger partial charge in [-0.15, -0.1) is 0 Å². The lowest BCUT2D eigenvalue weighted by Gasteiger charge is -2.21. The molecule has 6 aromatic carbocycles. The SMILES string of the molecule is [C-]#[N+]c1cccc2c1-c1cc(-c3cccc(-c4ccc(-c5cc(-c6ccccc6)nc(-c6ccccc6)n5)cc4)c3)ccc1C2(C)C. The van der Waals surface area contributed by atoms with Gasteiger partial charge in [-0.25, -0.2) is 14.8 Å². The van der Waals surface area contributed by atoms with Crippen molar-refractivity contribution >= 4 is 5.69 Å². The van der Waals surface area contributed by atoms with Crippen molar-refractivity contribution in [2.45, 2.75) is 19.3 Å². The van der Waals surface area contributed by atoms with Gasteiger partial charge >= 0.3 is 0 Å². The van der Waals surface area contributed by atoms with Crippen molar-refractivity contribution in [2.24, 2.45) is 0 Å². The van der Waals surface area contributed by atoms with Crippen LogP contribution in [0.25, 0.3) is 72.1 Å². The highest BCUT2D eigenvalue weighted by molar-refractivity contribution is 5.92. The molecular weight excluding hydrogens is 571 g/mol. The first kappa shape index (κ1) is 28.4. The fourth-order valence-corrected chi connectivity index (χ4v) is 6.84. The number of rotatable bonds is 5. The van der Waals surface area contributed by atoms with Crippen LogP contribution in [0.1, 0.15) is 25.0 Å². The third kappa shape index (κ3) is 5.01. The van der Waals surface area contributed by atoms with Crippen molar-refractivity contribution < 1.29 is 0 Å². The molecule has 222 valence electrons. The summed E-state index contributed by atoms with van der Waals surface area (Å²) in [5.41, 5.74) is 14.8. The molecule has 3 heteroatoms. The smallest absolute Gasteiger partial charge is 0.195 e. The van der Waals surface area contributed by atoms with Gasteiger partial charge in [-0.05, 0) is 62.7 Å². The minimum atomic E-state index is -0.138. The summed E-state index contributed by atoms with van der Waals surface area (Å²) in [6.45, 7) is 12.3. The maximum absolute atomic E-state index is 7.81. The molecule has 47 heavy (non-hydrogen) atoms. The Morgan fingerprint density at radius 3 is 1.68 bits per heavy atom. The van der Waals surface area contributed by atoms with Gasteiger partial charge in [-0.1, -0.05) is 147 Å². The van der Waals surface area contributed by atoms with Crippen LogP contribution in [0.3, 0.4) is 0 Å². The molecule has 0 atom stereocenters. The summed E-state index contributed by atoms with van der Waals surface area (Å²) in [5.74, 6) is 0.711. The van der Waals surface area contributed by atoms with Crippen LogP contribution in [0.2, 0.25) is 0 Å². The topological polar surface area (TPSA) is 30.1 Å². The molecule has 0 spiro atoms. The van der Waals surface area contributed by atoms with Gasteiger partial charge in [-0.3, -0.25) is 0 Å². The zero-order chi connectivity index (χ0) is 32.0. The first-order valence-electron chi connectivity index (χ1n) is 15.9. The van der Waals surface area contributed by atoms with Crippen molar-refractivity contribution in [3.8, 4) is 67.3 Å². The molecule has 1 aromatic heterocycles. The maximum Gasteiger partial charge on any atom is 0.195 e. The fraction of sp³-hybridized carbons (Fsp3) is 0.0682. The molecule has 0 fully saturated rings. The van der Waals surface area contributed by atoms with Gasteiger partial charge in [0.15, 0.2) is 11.5 Å². The van der Waals surface area contributed by atoms with Crippen molar-refractivity contribution in [2.75, 3.05) is 0 Å². The maximum atomic E-state index is 7.81. The molecule has 1 aliphatic carbocycles. The quantitative estimate of drug-likeness (QED) is 0.184. The average Bonchev–Trinajstić information content (AvgIpc) is 3.38. The molecule has 0 saturated heterocycles. The van der Waals surface area contributed by atoms with Crippen molar-refractivity contribution in [1.29, 1.82) is 0 Å². The number of hydrogen-bond donors (Lipinski definition) is 0. The summed E-state index contributed by atoms with van der Waals surface area (Å²) < 4.78 is 0. The fourth-order valence-electron chi connectivity index (χ4n) is 6.84. The molecule has 3 nitrogen and oxygen atoms in total. The molecule has 0 bridgehead atoms. The second-order valence-corrected chi connectivity index (χ2v) is 12.5. The third-order valence-electron chi connectivity index (χ3n) is 9.34. The van der Waals surface area contributed by atoms with E-state index in [2.05, 4.69) is 110 Å². The third-order valence-corrected chi connectivity index (χ3v) is 9.34. The van der Waals surface area contributed by atoms with Gasteiger partial charge in [-0.2, -0.15) is 0 Å².